The first-order chi connectivity index (χ1) is 13.5. The number of aryl methyl sites for hydroxylation is 1. The Hall–Kier alpha value is -2.21. The lowest BCUT2D eigenvalue weighted by Gasteiger charge is -2.34. The molecular weight excluding hydrogens is 370 g/mol. The molecule has 6 heteroatoms. The second-order valence-corrected chi connectivity index (χ2v) is 8.90. The minimum atomic E-state index is -0.313. The summed E-state index contributed by atoms with van der Waals surface area (Å²) in [5.74, 6) is 0.767. The van der Waals surface area contributed by atoms with E-state index in [9.17, 15) is 9.59 Å². The SMILES string of the molecule is Cc1csc(-c2cccc(C(=O)N3CCC[C@H]3C(=O)N3CCC(C)CC3)c2)n1. The molecule has 1 aromatic carbocycles. The predicted octanol–water partition coefficient (Wildman–Crippen LogP) is 3.98. The van der Waals surface area contributed by atoms with Gasteiger partial charge in [0.2, 0.25) is 5.91 Å². The molecule has 148 valence electrons. The van der Waals surface area contributed by atoms with Gasteiger partial charge < -0.3 is 9.80 Å². The van der Waals surface area contributed by atoms with E-state index in [-0.39, 0.29) is 17.9 Å². The number of benzene rings is 1. The van der Waals surface area contributed by atoms with Crippen LogP contribution in [0, 0.1) is 12.8 Å². The third kappa shape index (κ3) is 3.83. The highest BCUT2D eigenvalue weighted by Gasteiger charge is 2.37. The Labute approximate surface area is 170 Å². The Morgan fingerprint density at radius 1 is 1.14 bits per heavy atom. The van der Waals surface area contributed by atoms with Gasteiger partial charge in [-0.25, -0.2) is 4.98 Å². The molecule has 2 amide bonds. The Morgan fingerprint density at radius 2 is 1.93 bits per heavy atom. The van der Waals surface area contributed by atoms with Gasteiger partial charge in [0, 0.05) is 41.8 Å². The van der Waals surface area contributed by atoms with Crippen molar-refractivity contribution < 1.29 is 9.59 Å². The van der Waals surface area contributed by atoms with Gasteiger partial charge in [-0.3, -0.25) is 9.59 Å². The molecule has 0 saturated carbocycles. The van der Waals surface area contributed by atoms with Crippen LogP contribution in [0.5, 0.6) is 0 Å². The highest BCUT2D eigenvalue weighted by Crippen LogP contribution is 2.28. The van der Waals surface area contributed by atoms with Crippen molar-refractivity contribution in [2.45, 2.75) is 45.6 Å². The zero-order valence-corrected chi connectivity index (χ0v) is 17.4. The van der Waals surface area contributed by atoms with Gasteiger partial charge in [-0.1, -0.05) is 19.1 Å². The molecule has 2 saturated heterocycles. The molecule has 0 radical (unpaired) electrons. The maximum Gasteiger partial charge on any atom is 0.254 e. The van der Waals surface area contributed by atoms with Crippen molar-refractivity contribution in [1.29, 1.82) is 0 Å². The molecule has 0 N–H and O–H groups in total. The van der Waals surface area contributed by atoms with Crippen LogP contribution in [0.15, 0.2) is 29.6 Å². The first-order valence-corrected chi connectivity index (χ1v) is 11.0. The van der Waals surface area contributed by atoms with Crippen LogP contribution in [0.2, 0.25) is 0 Å². The van der Waals surface area contributed by atoms with E-state index in [0.717, 1.165) is 55.0 Å². The maximum absolute atomic E-state index is 13.2. The first-order valence-electron chi connectivity index (χ1n) is 10.2. The summed E-state index contributed by atoms with van der Waals surface area (Å²) in [6.07, 6.45) is 3.77. The predicted molar refractivity (Wildman–Crippen MR) is 111 cm³/mol. The maximum atomic E-state index is 13.2. The molecule has 0 unspecified atom stereocenters. The normalized spacial score (nSPS) is 20.6. The summed E-state index contributed by atoms with van der Waals surface area (Å²) >= 11 is 1.58. The minimum Gasteiger partial charge on any atom is -0.341 e. The largest absolute Gasteiger partial charge is 0.341 e. The summed E-state index contributed by atoms with van der Waals surface area (Å²) in [4.78, 5) is 34.6. The highest BCUT2D eigenvalue weighted by atomic mass is 32.1. The quantitative estimate of drug-likeness (QED) is 0.787. The molecule has 0 aliphatic carbocycles. The summed E-state index contributed by atoms with van der Waals surface area (Å²) < 4.78 is 0. The molecule has 4 rings (SSSR count). The van der Waals surface area contributed by atoms with Crippen LogP contribution in [-0.2, 0) is 4.79 Å². The number of carbonyl (C=O) groups excluding carboxylic acids is 2. The van der Waals surface area contributed by atoms with Crippen LogP contribution in [0.25, 0.3) is 10.6 Å². The molecule has 2 aliphatic rings. The van der Waals surface area contributed by atoms with Crippen molar-refractivity contribution in [3.8, 4) is 10.6 Å². The fourth-order valence-electron chi connectivity index (χ4n) is 4.14. The Morgan fingerprint density at radius 3 is 2.64 bits per heavy atom. The van der Waals surface area contributed by atoms with Gasteiger partial charge in [0.15, 0.2) is 0 Å². The van der Waals surface area contributed by atoms with Crippen LogP contribution >= 0.6 is 11.3 Å². The van der Waals surface area contributed by atoms with Crippen LogP contribution in [-0.4, -0.2) is 52.3 Å². The Kier molecular flexibility index (Phi) is 5.49. The summed E-state index contributed by atoms with van der Waals surface area (Å²) in [7, 11) is 0. The second kappa shape index (κ2) is 8.03. The molecule has 2 fully saturated rings. The lowest BCUT2D eigenvalue weighted by Crippen LogP contribution is -2.49. The van der Waals surface area contributed by atoms with E-state index < -0.39 is 0 Å². The molecule has 0 bridgehead atoms. The van der Waals surface area contributed by atoms with Crippen molar-refractivity contribution in [1.82, 2.24) is 14.8 Å². The number of rotatable bonds is 3. The number of aromatic nitrogens is 1. The number of hydrogen-bond donors (Lipinski definition) is 0. The number of thiazole rings is 1. The van der Waals surface area contributed by atoms with E-state index in [0.29, 0.717) is 18.0 Å². The average Bonchev–Trinajstić information content (AvgIpc) is 3.37. The number of nitrogens with zero attached hydrogens (tertiary/aromatic N) is 3. The van der Waals surface area contributed by atoms with Gasteiger partial charge in [-0.15, -0.1) is 11.3 Å². The molecule has 0 spiro atoms. The summed E-state index contributed by atoms with van der Waals surface area (Å²) in [6, 6.07) is 7.32. The van der Waals surface area contributed by atoms with Gasteiger partial charge in [-0.2, -0.15) is 0 Å². The van der Waals surface area contributed by atoms with Crippen molar-refractivity contribution in [2.75, 3.05) is 19.6 Å². The second-order valence-electron chi connectivity index (χ2n) is 8.04. The van der Waals surface area contributed by atoms with Gasteiger partial charge in [0.25, 0.3) is 5.91 Å². The molecule has 2 aromatic rings. The van der Waals surface area contributed by atoms with Crippen molar-refractivity contribution >= 4 is 23.2 Å². The standard InChI is InChI=1S/C22H27N3O2S/c1-15-8-11-24(12-9-15)22(27)19-7-4-10-25(19)21(26)18-6-3-5-17(13-18)20-23-16(2)14-28-20/h3,5-6,13-15,19H,4,7-12H2,1-2H3/t19-/m0/s1. The molecule has 1 atom stereocenters. The van der Waals surface area contributed by atoms with Crippen molar-refractivity contribution in [3.63, 3.8) is 0 Å². The highest BCUT2D eigenvalue weighted by molar-refractivity contribution is 7.13. The van der Waals surface area contributed by atoms with Gasteiger partial charge in [0.05, 0.1) is 0 Å². The number of hydrogen-bond acceptors (Lipinski definition) is 4. The molecule has 1 aromatic heterocycles. The average molecular weight is 398 g/mol. The lowest BCUT2D eigenvalue weighted by atomic mass is 9.98. The zero-order chi connectivity index (χ0) is 19.7. The number of carbonyl (C=O) groups is 2. The summed E-state index contributed by atoms with van der Waals surface area (Å²) in [5.41, 5.74) is 2.58. The first kappa shape index (κ1) is 19.1. The van der Waals surface area contributed by atoms with Crippen molar-refractivity contribution in [2.24, 2.45) is 5.92 Å². The number of amides is 2. The monoisotopic (exact) mass is 397 g/mol. The van der Waals surface area contributed by atoms with Gasteiger partial charge in [-0.05, 0) is 50.7 Å². The third-order valence-corrected chi connectivity index (χ3v) is 6.88. The van der Waals surface area contributed by atoms with Crippen LogP contribution in [0.1, 0.15) is 48.7 Å². The van der Waals surface area contributed by atoms with Crippen LogP contribution < -0.4 is 0 Å². The van der Waals surface area contributed by atoms with E-state index in [1.807, 2.05) is 41.5 Å². The number of piperidine rings is 1. The molecule has 3 heterocycles. The van der Waals surface area contributed by atoms with E-state index in [4.69, 9.17) is 0 Å². The van der Waals surface area contributed by atoms with Gasteiger partial charge in [0.1, 0.15) is 11.0 Å². The van der Waals surface area contributed by atoms with E-state index in [1.54, 1.807) is 16.2 Å². The van der Waals surface area contributed by atoms with Gasteiger partial charge >= 0.3 is 0 Å². The topological polar surface area (TPSA) is 53.5 Å². The Balaban J connectivity index is 1.51. The third-order valence-electron chi connectivity index (χ3n) is 5.87. The molecular formula is C22H27N3O2S. The van der Waals surface area contributed by atoms with E-state index in [1.165, 1.54) is 0 Å². The minimum absolute atomic E-state index is 0.0450. The van der Waals surface area contributed by atoms with E-state index >= 15 is 0 Å². The smallest absolute Gasteiger partial charge is 0.254 e. The number of likely N-dealkylation sites (tertiary alicyclic amines) is 2. The molecule has 28 heavy (non-hydrogen) atoms. The fourth-order valence-corrected chi connectivity index (χ4v) is 4.94. The van der Waals surface area contributed by atoms with E-state index in [2.05, 4.69) is 11.9 Å². The van der Waals surface area contributed by atoms with Crippen LogP contribution in [0.4, 0.5) is 0 Å². The fraction of sp³-hybridized carbons (Fsp3) is 0.500. The summed E-state index contributed by atoms with van der Waals surface area (Å²) in [6.45, 7) is 6.50. The van der Waals surface area contributed by atoms with Crippen LogP contribution in [0.3, 0.4) is 0 Å². The molecule has 5 nitrogen and oxygen atoms in total. The Bertz CT molecular complexity index is 870. The zero-order valence-electron chi connectivity index (χ0n) is 16.6. The lowest BCUT2D eigenvalue weighted by molar-refractivity contribution is -0.136. The molecule has 2 aliphatic heterocycles. The van der Waals surface area contributed by atoms with Crippen molar-refractivity contribution in [3.05, 3.63) is 40.9 Å². The summed E-state index contributed by atoms with van der Waals surface area (Å²) in [5, 5.41) is 2.93.